The van der Waals surface area contributed by atoms with Gasteiger partial charge in [0.1, 0.15) is 26.4 Å². The van der Waals surface area contributed by atoms with Crippen LogP contribution in [0.2, 0.25) is 0 Å². The molecule has 0 saturated carbocycles. The second-order valence-corrected chi connectivity index (χ2v) is 10.1. The fourth-order valence-corrected chi connectivity index (χ4v) is 3.04. The zero-order valence-corrected chi connectivity index (χ0v) is 24.5. The molecular formula is C26H47NO12. The number of hydrogen-bond acceptors (Lipinski definition) is 12. The minimum absolute atomic E-state index is 0.117. The molecular weight excluding hydrogens is 518 g/mol. The second-order valence-electron chi connectivity index (χ2n) is 10.1. The number of amides is 1. The fourth-order valence-electron chi connectivity index (χ4n) is 3.04. The zero-order chi connectivity index (χ0) is 29.7. The van der Waals surface area contributed by atoms with Gasteiger partial charge in [-0.1, -0.05) is 13.8 Å². The summed E-state index contributed by atoms with van der Waals surface area (Å²) >= 11 is 0. The molecule has 0 atom stereocenters. The highest BCUT2D eigenvalue weighted by Crippen LogP contribution is 2.21. The van der Waals surface area contributed by atoms with E-state index in [0.717, 1.165) is 6.42 Å². The molecule has 1 N–H and O–H groups in total. The molecule has 0 rings (SSSR count). The first-order valence-electron chi connectivity index (χ1n) is 12.8. The van der Waals surface area contributed by atoms with Gasteiger partial charge in [-0.25, -0.2) is 14.4 Å². The molecule has 39 heavy (non-hydrogen) atoms. The smallest absolute Gasteiger partial charge is 0.331 e. The molecule has 13 nitrogen and oxygen atoms in total. The highest BCUT2D eigenvalue weighted by atomic mass is 16.6. The molecule has 0 aromatic heterocycles. The lowest BCUT2D eigenvalue weighted by atomic mass is 9.92. The molecule has 0 unspecified atom stereocenters. The maximum Gasteiger partial charge on any atom is 0.331 e. The van der Waals surface area contributed by atoms with Crippen LogP contribution in [0.1, 0.15) is 40.5 Å². The van der Waals surface area contributed by atoms with Crippen molar-refractivity contribution in [3.8, 4) is 0 Å². The first-order valence-corrected chi connectivity index (χ1v) is 12.8. The van der Waals surface area contributed by atoms with Gasteiger partial charge in [-0.3, -0.25) is 4.79 Å². The highest BCUT2D eigenvalue weighted by Gasteiger charge is 2.34. The Morgan fingerprint density at radius 2 is 1.10 bits per heavy atom. The van der Waals surface area contributed by atoms with Crippen molar-refractivity contribution in [1.29, 1.82) is 0 Å². The number of carbonyl (C=O) groups excluding carboxylic acids is 4. The average Bonchev–Trinajstić information content (AvgIpc) is 2.87. The van der Waals surface area contributed by atoms with E-state index in [4.69, 9.17) is 23.7 Å². The van der Waals surface area contributed by atoms with Gasteiger partial charge in [0.2, 0.25) is 5.91 Å². The van der Waals surface area contributed by atoms with Crippen molar-refractivity contribution in [1.82, 2.24) is 5.32 Å². The monoisotopic (exact) mass is 565 g/mol. The number of ether oxygens (including phenoxy) is 8. The van der Waals surface area contributed by atoms with Crippen LogP contribution in [0.25, 0.3) is 0 Å². The molecule has 0 bridgehead atoms. The molecule has 0 saturated heterocycles. The van der Waals surface area contributed by atoms with Crippen molar-refractivity contribution in [2.75, 3.05) is 87.3 Å². The van der Waals surface area contributed by atoms with Crippen LogP contribution in [-0.4, -0.2) is 117 Å². The van der Waals surface area contributed by atoms with Gasteiger partial charge in [0, 0.05) is 13.2 Å². The fraction of sp³-hybridized carbons (Fsp3) is 0.846. The number of hydrogen-bond donors (Lipinski definition) is 1. The summed E-state index contributed by atoms with van der Waals surface area (Å²) < 4.78 is 41.7. The van der Waals surface area contributed by atoms with Crippen LogP contribution in [-0.2, 0) is 57.1 Å². The van der Waals surface area contributed by atoms with E-state index in [1.807, 2.05) is 13.8 Å². The number of methoxy groups -OCH3 is 3. The number of nitrogens with one attached hydrogen (secondary N) is 1. The van der Waals surface area contributed by atoms with Gasteiger partial charge in [0.05, 0.1) is 58.8 Å². The minimum atomic E-state index is -1.09. The molecule has 0 aromatic rings. The Balaban J connectivity index is 5.07. The number of rotatable bonds is 23. The Bertz CT molecular complexity index is 671. The third kappa shape index (κ3) is 19.4. The van der Waals surface area contributed by atoms with E-state index < -0.39 is 23.3 Å². The summed E-state index contributed by atoms with van der Waals surface area (Å²) in [6.07, 6.45) is 1.58. The van der Waals surface area contributed by atoms with Crippen molar-refractivity contribution in [2.24, 2.45) is 11.3 Å². The van der Waals surface area contributed by atoms with Crippen LogP contribution in [0.3, 0.4) is 0 Å². The predicted molar refractivity (Wildman–Crippen MR) is 139 cm³/mol. The highest BCUT2D eigenvalue weighted by molar-refractivity contribution is 5.77. The second kappa shape index (κ2) is 20.6. The molecule has 0 aliphatic carbocycles. The normalized spacial score (nSPS) is 11.8. The Hall–Kier alpha value is -2.32. The molecule has 1 amide bonds. The van der Waals surface area contributed by atoms with Gasteiger partial charge in [0.15, 0.2) is 0 Å². The summed E-state index contributed by atoms with van der Waals surface area (Å²) in [7, 11) is 3.66. The molecule has 0 aromatic carbocycles. The molecule has 0 radical (unpaired) electrons. The largest absolute Gasteiger partial charge is 0.467 e. The maximum absolute atomic E-state index is 12.4. The number of esters is 3. The Morgan fingerprint density at radius 3 is 1.49 bits per heavy atom. The van der Waals surface area contributed by atoms with E-state index in [9.17, 15) is 19.2 Å². The third-order valence-corrected chi connectivity index (χ3v) is 5.45. The van der Waals surface area contributed by atoms with Crippen molar-refractivity contribution in [2.45, 2.75) is 46.1 Å². The van der Waals surface area contributed by atoms with Gasteiger partial charge >= 0.3 is 17.9 Å². The molecule has 13 heteroatoms. The molecule has 228 valence electrons. The van der Waals surface area contributed by atoms with Gasteiger partial charge in [0.25, 0.3) is 0 Å². The van der Waals surface area contributed by atoms with Crippen molar-refractivity contribution in [3.63, 3.8) is 0 Å². The van der Waals surface area contributed by atoms with Crippen molar-refractivity contribution >= 4 is 23.8 Å². The third-order valence-electron chi connectivity index (χ3n) is 5.45. The molecule has 0 heterocycles. The predicted octanol–water partition coefficient (Wildman–Crippen LogP) is 0.906. The van der Waals surface area contributed by atoms with Gasteiger partial charge in [-0.2, -0.15) is 0 Å². The summed E-state index contributed by atoms with van der Waals surface area (Å²) in [5.74, 6) is -1.61. The van der Waals surface area contributed by atoms with Crippen molar-refractivity contribution < 1.29 is 57.1 Å². The van der Waals surface area contributed by atoms with Crippen LogP contribution >= 0.6 is 0 Å². The van der Waals surface area contributed by atoms with Crippen LogP contribution in [0, 0.1) is 11.3 Å². The van der Waals surface area contributed by atoms with Crippen LogP contribution in [0.5, 0.6) is 0 Å². The summed E-state index contributed by atoms with van der Waals surface area (Å²) in [6.45, 7) is 7.39. The standard InChI is InChI=1S/C26H47NO12/c1-20(2)8-11-39-25(3,4)9-10-27-21(28)12-35-16-26(17-36-13-22(29)32-5,18-37-14-23(30)33-6)19-38-15-24(31)34-7/h20H,8-19H2,1-7H3,(H,27,28). The summed E-state index contributed by atoms with van der Waals surface area (Å²) in [5.41, 5.74) is -1.48. The molecule has 0 fully saturated rings. The van der Waals surface area contributed by atoms with Crippen LogP contribution < -0.4 is 5.32 Å². The molecule has 0 spiro atoms. The van der Waals surface area contributed by atoms with Crippen molar-refractivity contribution in [3.05, 3.63) is 0 Å². The average molecular weight is 566 g/mol. The van der Waals surface area contributed by atoms with Crippen LogP contribution in [0.4, 0.5) is 0 Å². The van der Waals surface area contributed by atoms with Gasteiger partial charge in [-0.05, 0) is 32.6 Å². The molecule has 0 aliphatic heterocycles. The maximum atomic E-state index is 12.4. The Labute approximate surface area is 231 Å². The van der Waals surface area contributed by atoms with E-state index in [1.54, 1.807) is 0 Å². The van der Waals surface area contributed by atoms with Crippen LogP contribution in [0.15, 0.2) is 0 Å². The minimum Gasteiger partial charge on any atom is -0.467 e. The number of carbonyl (C=O) groups is 4. The van der Waals surface area contributed by atoms with E-state index in [2.05, 4.69) is 33.4 Å². The SMILES string of the molecule is COC(=O)COCC(COCC(=O)NCCC(C)(C)OCCC(C)C)(COCC(=O)OC)COCC(=O)OC. The Kier molecular flexibility index (Phi) is 19.3. The van der Waals surface area contributed by atoms with E-state index in [0.29, 0.717) is 25.5 Å². The topological polar surface area (TPSA) is 154 Å². The first-order chi connectivity index (χ1) is 18.4. The lowest BCUT2D eigenvalue weighted by Crippen LogP contribution is -2.44. The van der Waals surface area contributed by atoms with Gasteiger partial charge in [-0.15, -0.1) is 0 Å². The zero-order valence-electron chi connectivity index (χ0n) is 24.5. The summed E-state index contributed by atoms with van der Waals surface area (Å²) in [5, 5.41) is 2.80. The van der Waals surface area contributed by atoms with Gasteiger partial charge < -0.3 is 43.2 Å². The quantitative estimate of drug-likeness (QED) is 0.138. The lowest BCUT2D eigenvalue weighted by Gasteiger charge is -2.32. The van der Waals surface area contributed by atoms with E-state index in [-0.39, 0.29) is 64.4 Å². The first kappa shape index (κ1) is 36.7. The lowest BCUT2D eigenvalue weighted by molar-refractivity contribution is -0.159. The summed E-state index contributed by atoms with van der Waals surface area (Å²) in [4.78, 5) is 46.9. The van der Waals surface area contributed by atoms with E-state index >= 15 is 0 Å². The summed E-state index contributed by atoms with van der Waals surface area (Å²) in [6, 6.07) is 0. The Morgan fingerprint density at radius 1 is 0.692 bits per heavy atom. The van der Waals surface area contributed by atoms with E-state index in [1.165, 1.54) is 21.3 Å². The molecule has 0 aliphatic rings.